The first-order valence-corrected chi connectivity index (χ1v) is 10.2. The maximum absolute atomic E-state index is 13.2. The maximum atomic E-state index is 13.2. The average molecular weight is 455 g/mol. The van der Waals surface area contributed by atoms with Gasteiger partial charge in [-0.05, 0) is 32.9 Å². The van der Waals surface area contributed by atoms with E-state index in [4.69, 9.17) is 11.6 Å². The molecule has 0 fully saturated rings. The fourth-order valence-corrected chi connectivity index (χ4v) is 4.05. The standard InChI is InChI=1S/C20H22ClF3N6O/c1-11(2)29-8-7-17(26-29)30-16-9-12(3)28(10-15(16)25-27-30)19(31)13-5-4-6-14(18(13)21)20(22,23)24/h4-8,11-12,25,27H,9-10H2,1-3H3/t12-/m0/s1. The SMILES string of the molecule is CC(C)n1ccc(N2NNC3=C2C[C@H](C)N(C(=O)c2cccc(C(F)(F)F)c2Cl)C3)n1. The molecule has 0 saturated heterocycles. The molecular formula is C20H22ClF3N6O. The van der Waals surface area contributed by atoms with E-state index >= 15 is 0 Å². The van der Waals surface area contributed by atoms with Crippen LogP contribution >= 0.6 is 11.6 Å². The van der Waals surface area contributed by atoms with Crippen molar-refractivity contribution in [2.45, 2.75) is 45.5 Å². The van der Waals surface area contributed by atoms with Crippen molar-refractivity contribution >= 4 is 23.3 Å². The minimum atomic E-state index is -4.63. The summed E-state index contributed by atoms with van der Waals surface area (Å²) in [6.07, 6.45) is -2.25. The van der Waals surface area contributed by atoms with Gasteiger partial charge in [0.15, 0.2) is 5.82 Å². The summed E-state index contributed by atoms with van der Waals surface area (Å²) in [5, 5.41) is 5.80. The number of alkyl halides is 3. The minimum absolute atomic E-state index is 0.161. The number of halogens is 4. The molecule has 0 bridgehead atoms. The van der Waals surface area contributed by atoms with E-state index in [1.807, 2.05) is 42.7 Å². The van der Waals surface area contributed by atoms with Crippen LogP contribution in [0.5, 0.6) is 0 Å². The highest BCUT2D eigenvalue weighted by atomic mass is 35.5. The van der Waals surface area contributed by atoms with E-state index in [9.17, 15) is 18.0 Å². The summed E-state index contributed by atoms with van der Waals surface area (Å²) in [6.45, 7) is 6.12. The average Bonchev–Trinajstić information content (AvgIpc) is 3.32. The Morgan fingerprint density at radius 3 is 2.68 bits per heavy atom. The Bertz CT molecular complexity index is 1050. The van der Waals surface area contributed by atoms with Crippen molar-refractivity contribution < 1.29 is 18.0 Å². The van der Waals surface area contributed by atoms with Crippen LogP contribution in [0.3, 0.4) is 0 Å². The first-order chi connectivity index (χ1) is 14.6. The lowest BCUT2D eigenvalue weighted by Crippen LogP contribution is -2.44. The number of carbonyl (C=O) groups is 1. The zero-order valence-electron chi connectivity index (χ0n) is 17.2. The quantitative estimate of drug-likeness (QED) is 0.730. The summed E-state index contributed by atoms with van der Waals surface area (Å²) in [6, 6.07) is 5.23. The van der Waals surface area contributed by atoms with Crippen LogP contribution < -0.4 is 16.0 Å². The Morgan fingerprint density at radius 1 is 1.29 bits per heavy atom. The lowest BCUT2D eigenvalue weighted by molar-refractivity contribution is -0.137. The predicted molar refractivity (Wildman–Crippen MR) is 110 cm³/mol. The molecular weight excluding hydrogens is 433 g/mol. The van der Waals surface area contributed by atoms with Crippen LogP contribution in [0, 0.1) is 0 Å². The van der Waals surface area contributed by atoms with Crippen molar-refractivity contribution in [1.82, 2.24) is 25.6 Å². The van der Waals surface area contributed by atoms with Gasteiger partial charge in [-0.3, -0.25) is 9.48 Å². The predicted octanol–water partition coefficient (Wildman–Crippen LogP) is 4.11. The van der Waals surface area contributed by atoms with E-state index in [1.54, 1.807) is 0 Å². The molecule has 2 aromatic rings. The maximum Gasteiger partial charge on any atom is 0.417 e. The zero-order valence-corrected chi connectivity index (χ0v) is 17.9. The lowest BCUT2D eigenvalue weighted by Gasteiger charge is -2.35. The van der Waals surface area contributed by atoms with Crippen LogP contribution in [0.4, 0.5) is 19.0 Å². The highest BCUT2D eigenvalue weighted by Crippen LogP contribution is 2.37. The molecule has 7 nitrogen and oxygen atoms in total. The first kappa shape index (κ1) is 21.5. The van der Waals surface area contributed by atoms with E-state index in [-0.39, 0.29) is 24.2 Å². The van der Waals surface area contributed by atoms with Gasteiger partial charge in [-0.15, -0.1) is 5.53 Å². The molecule has 0 saturated carbocycles. The van der Waals surface area contributed by atoms with Crippen LogP contribution in [0.1, 0.15) is 49.2 Å². The van der Waals surface area contributed by atoms with Crippen LogP contribution in [-0.2, 0) is 6.18 Å². The molecule has 1 amide bonds. The van der Waals surface area contributed by atoms with Gasteiger partial charge in [0.1, 0.15) is 0 Å². The molecule has 2 aliphatic heterocycles. The van der Waals surface area contributed by atoms with Gasteiger partial charge < -0.3 is 10.3 Å². The summed E-state index contributed by atoms with van der Waals surface area (Å²) < 4.78 is 41.4. The second-order valence-electron chi connectivity index (χ2n) is 7.90. The Morgan fingerprint density at radius 2 is 2.03 bits per heavy atom. The molecule has 0 spiro atoms. The van der Waals surface area contributed by atoms with Crippen LogP contribution in [0.2, 0.25) is 5.02 Å². The van der Waals surface area contributed by atoms with E-state index in [0.717, 1.165) is 17.5 Å². The van der Waals surface area contributed by atoms with E-state index < -0.39 is 22.7 Å². The number of hydrogen-bond acceptors (Lipinski definition) is 5. The summed E-state index contributed by atoms with van der Waals surface area (Å²) in [5.41, 5.74) is 6.61. The topological polar surface area (TPSA) is 65.4 Å². The van der Waals surface area contributed by atoms with Gasteiger partial charge in [0.2, 0.25) is 0 Å². The molecule has 0 radical (unpaired) electrons. The smallest absolute Gasteiger partial charge is 0.330 e. The zero-order chi connectivity index (χ0) is 22.5. The summed E-state index contributed by atoms with van der Waals surface area (Å²) >= 11 is 5.97. The van der Waals surface area contributed by atoms with Gasteiger partial charge >= 0.3 is 6.18 Å². The van der Waals surface area contributed by atoms with Gasteiger partial charge in [0.05, 0.1) is 34.1 Å². The third-order valence-electron chi connectivity index (χ3n) is 5.43. The van der Waals surface area contributed by atoms with Gasteiger partial charge in [-0.2, -0.15) is 18.3 Å². The number of hydrazine groups is 2. The minimum Gasteiger partial charge on any atom is -0.330 e. The molecule has 1 aromatic carbocycles. The van der Waals surface area contributed by atoms with Gasteiger partial charge in [0.25, 0.3) is 5.91 Å². The van der Waals surface area contributed by atoms with Gasteiger partial charge in [0, 0.05) is 30.8 Å². The van der Waals surface area contributed by atoms with Crippen molar-refractivity contribution in [1.29, 1.82) is 0 Å². The second-order valence-corrected chi connectivity index (χ2v) is 8.27. The fraction of sp³-hybridized carbons (Fsp3) is 0.400. The number of carbonyl (C=O) groups excluding carboxylic acids is 1. The molecule has 1 aromatic heterocycles. The molecule has 31 heavy (non-hydrogen) atoms. The van der Waals surface area contributed by atoms with Crippen molar-refractivity contribution in [2.24, 2.45) is 0 Å². The number of aromatic nitrogens is 2. The Balaban J connectivity index is 1.59. The molecule has 3 heterocycles. The Labute approximate surface area is 182 Å². The monoisotopic (exact) mass is 454 g/mol. The Kier molecular flexibility index (Phi) is 5.38. The normalized spacial score (nSPS) is 19.2. The first-order valence-electron chi connectivity index (χ1n) is 9.83. The molecule has 166 valence electrons. The second kappa shape index (κ2) is 7.76. The number of anilines is 1. The fourth-order valence-electron chi connectivity index (χ4n) is 3.73. The highest BCUT2D eigenvalue weighted by Gasteiger charge is 2.38. The van der Waals surface area contributed by atoms with Gasteiger partial charge in [-0.1, -0.05) is 17.7 Å². The Hall–Kier alpha value is -2.72. The molecule has 11 heteroatoms. The molecule has 0 unspecified atom stereocenters. The van der Waals surface area contributed by atoms with Crippen molar-refractivity contribution in [2.75, 3.05) is 11.6 Å². The molecule has 1 atom stereocenters. The van der Waals surface area contributed by atoms with Crippen LogP contribution in [0.25, 0.3) is 0 Å². The van der Waals surface area contributed by atoms with Crippen molar-refractivity contribution in [3.05, 3.63) is 58.0 Å². The third kappa shape index (κ3) is 3.85. The van der Waals surface area contributed by atoms with Crippen LogP contribution in [-0.4, -0.2) is 33.2 Å². The lowest BCUT2D eigenvalue weighted by atomic mass is 10.0. The largest absolute Gasteiger partial charge is 0.417 e. The summed E-state index contributed by atoms with van der Waals surface area (Å²) in [7, 11) is 0. The summed E-state index contributed by atoms with van der Waals surface area (Å²) in [5.74, 6) is 0.165. The molecule has 4 rings (SSSR count). The van der Waals surface area contributed by atoms with Crippen molar-refractivity contribution in [3.63, 3.8) is 0 Å². The van der Waals surface area contributed by atoms with Crippen LogP contribution in [0.15, 0.2) is 41.9 Å². The molecule has 2 N–H and O–H groups in total. The third-order valence-corrected chi connectivity index (χ3v) is 5.84. The number of benzene rings is 1. The van der Waals surface area contributed by atoms with Crippen molar-refractivity contribution in [3.8, 4) is 0 Å². The number of hydrogen-bond donors (Lipinski definition) is 2. The van der Waals surface area contributed by atoms with E-state index in [0.29, 0.717) is 12.2 Å². The number of rotatable bonds is 3. The highest BCUT2D eigenvalue weighted by molar-refractivity contribution is 6.34. The molecule has 0 aliphatic carbocycles. The molecule has 2 aliphatic rings. The van der Waals surface area contributed by atoms with Gasteiger partial charge in [-0.25, -0.2) is 5.01 Å². The number of nitrogens with zero attached hydrogens (tertiary/aromatic N) is 4. The summed E-state index contributed by atoms with van der Waals surface area (Å²) in [4.78, 5) is 14.6. The number of amides is 1. The van der Waals surface area contributed by atoms with E-state index in [1.165, 1.54) is 17.0 Å². The van der Waals surface area contributed by atoms with E-state index in [2.05, 4.69) is 16.1 Å². The number of nitrogens with one attached hydrogen (secondary N) is 2.